The van der Waals surface area contributed by atoms with Crippen LogP contribution in [0.15, 0.2) is 24.3 Å². The Labute approximate surface area is 86.0 Å². The SMILES string of the molecule is Cc1nnn(-c2ccccc2O)c1C=O. The van der Waals surface area contributed by atoms with Gasteiger partial charge in [-0.05, 0) is 19.1 Å². The minimum absolute atomic E-state index is 0.0606. The Hall–Kier alpha value is -2.17. The Bertz CT molecular complexity index is 505. The molecule has 1 heterocycles. The van der Waals surface area contributed by atoms with E-state index in [1.54, 1.807) is 25.1 Å². The maximum absolute atomic E-state index is 10.8. The van der Waals surface area contributed by atoms with Gasteiger partial charge in [0.1, 0.15) is 17.1 Å². The molecule has 0 aliphatic carbocycles. The van der Waals surface area contributed by atoms with Crippen LogP contribution in [0.2, 0.25) is 0 Å². The topological polar surface area (TPSA) is 68.0 Å². The highest BCUT2D eigenvalue weighted by atomic mass is 16.3. The summed E-state index contributed by atoms with van der Waals surface area (Å²) in [5.41, 5.74) is 1.32. The summed E-state index contributed by atoms with van der Waals surface area (Å²) in [6.07, 6.45) is 0.668. The number of carbonyl (C=O) groups excluding carboxylic acids is 1. The second-order valence-corrected chi connectivity index (χ2v) is 3.08. The fourth-order valence-corrected chi connectivity index (χ4v) is 1.32. The maximum atomic E-state index is 10.8. The summed E-state index contributed by atoms with van der Waals surface area (Å²) in [4.78, 5) is 10.8. The van der Waals surface area contributed by atoms with Crippen molar-refractivity contribution in [2.24, 2.45) is 0 Å². The first kappa shape index (κ1) is 9.39. The van der Waals surface area contributed by atoms with Crippen molar-refractivity contribution < 1.29 is 9.90 Å². The van der Waals surface area contributed by atoms with Gasteiger partial charge in [0.05, 0.1) is 5.69 Å². The van der Waals surface area contributed by atoms with Crippen LogP contribution >= 0.6 is 0 Å². The van der Waals surface area contributed by atoms with Gasteiger partial charge < -0.3 is 5.11 Å². The number of phenols is 1. The van der Waals surface area contributed by atoms with E-state index in [9.17, 15) is 9.90 Å². The van der Waals surface area contributed by atoms with Crippen molar-refractivity contribution in [3.63, 3.8) is 0 Å². The molecule has 5 nitrogen and oxygen atoms in total. The molecule has 0 radical (unpaired) electrons. The number of aryl methyl sites for hydroxylation is 1. The zero-order chi connectivity index (χ0) is 10.8. The molecule has 2 aromatic rings. The average molecular weight is 203 g/mol. The number of phenolic OH excluding ortho intramolecular Hbond substituents is 1. The summed E-state index contributed by atoms with van der Waals surface area (Å²) >= 11 is 0. The number of nitrogens with zero attached hydrogens (tertiary/aromatic N) is 3. The van der Waals surface area contributed by atoms with Crippen molar-refractivity contribution in [3.05, 3.63) is 35.7 Å². The van der Waals surface area contributed by atoms with Gasteiger partial charge in [-0.1, -0.05) is 17.3 Å². The lowest BCUT2D eigenvalue weighted by molar-refractivity contribution is 0.111. The second-order valence-electron chi connectivity index (χ2n) is 3.08. The molecule has 0 aliphatic rings. The molecule has 1 aromatic heterocycles. The number of rotatable bonds is 2. The quantitative estimate of drug-likeness (QED) is 0.742. The van der Waals surface area contributed by atoms with E-state index in [2.05, 4.69) is 10.3 Å². The molecule has 1 N–H and O–H groups in total. The zero-order valence-electron chi connectivity index (χ0n) is 8.08. The molecule has 0 saturated carbocycles. The monoisotopic (exact) mass is 203 g/mol. The number of carbonyl (C=O) groups is 1. The molecule has 0 amide bonds. The maximum Gasteiger partial charge on any atom is 0.170 e. The van der Waals surface area contributed by atoms with Crippen LogP contribution in [0.4, 0.5) is 0 Å². The predicted octanol–water partition coefficient (Wildman–Crippen LogP) is 1.09. The minimum atomic E-state index is 0.0606. The minimum Gasteiger partial charge on any atom is -0.506 e. The molecule has 2 rings (SSSR count). The molecule has 0 unspecified atom stereocenters. The van der Waals surface area contributed by atoms with E-state index in [0.29, 0.717) is 23.4 Å². The van der Waals surface area contributed by atoms with Crippen molar-refractivity contribution in [1.29, 1.82) is 0 Å². The van der Waals surface area contributed by atoms with Crippen molar-refractivity contribution in [2.45, 2.75) is 6.92 Å². The van der Waals surface area contributed by atoms with Gasteiger partial charge in [0.15, 0.2) is 6.29 Å². The van der Waals surface area contributed by atoms with Crippen LogP contribution < -0.4 is 0 Å². The van der Waals surface area contributed by atoms with E-state index < -0.39 is 0 Å². The van der Waals surface area contributed by atoms with Gasteiger partial charge in [-0.25, -0.2) is 4.68 Å². The van der Waals surface area contributed by atoms with E-state index in [-0.39, 0.29) is 5.75 Å². The Morgan fingerprint density at radius 3 is 2.80 bits per heavy atom. The Morgan fingerprint density at radius 1 is 1.40 bits per heavy atom. The van der Waals surface area contributed by atoms with Crippen molar-refractivity contribution in [3.8, 4) is 11.4 Å². The number of hydrogen-bond acceptors (Lipinski definition) is 4. The van der Waals surface area contributed by atoms with Gasteiger partial charge in [-0.2, -0.15) is 0 Å². The van der Waals surface area contributed by atoms with Crippen LogP contribution in [0, 0.1) is 6.92 Å². The lowest BCUT2D eigenvalue weighted by atomic mass is 10.3. The Balaban J connectivity index is 2.64. The van der Waals surface area contributed by atoms with Crippen LogP contribution in [-0.4, -0.2) is 26.4 Å². The molecule has 5 heteroatoms. The highest BCUT2D eigenvalue weighted by Crippen LogP contribution is 2.21. The van der Waals surface area contributed by atoms with E-state index >= 15 is 0 Å². The molecule has 76 valence electrons. The normalized spacial score (nSPS) is 10.2. The molecule has 0 saturated heterocycles. The van der Waals surface area contributed by atoms with Gasteiger partial charge in [0.2, 0.25) is 0 Å². The average Bonchev–Trinajstić information content (AvgIpc) is 2.60. The van der Waals surface area contributed by atoms with Gasteiger partial charge in [0.25, 0.3) is 0 Å². The van der Waals surface area contributed by atoms with Gasteiger partial charge in [-0.15, -0.1) is 5.10 Å². The highest BCUT2D eigenvalue weighted by molar-refractivity contribution is 5.75. The van der Waals surface area contributed by atoms with Crippen LogP contribution in [0.25, 0.3) is 5.69 Å². The number of aromatic hydroxyl groups is 1. The highest BCUT2D eigenvalue weighted by Gasteiger charge is 2.12. The zero-order valence-corrected chi connectivity index (χ0v) is 8.08. The van der Waals surface area contributed by atoms with Gasteiger partial charge in [-0.3, -0.25) is 4.79 Å². The standard InChI is InChI=1S/C10H9N3O2/c1-7-9(6-14)13(12-11-7)8-4-2-3-5-10(8)15/h2-6,15H,1H3. The third-order valence-electron chi connectivity index (χ3n) is 2.10. The van der Waals surface area contributed by atoms with Gasteiger partial charge in [0, 0.05) is 0 Å². The third kappa shape index (κ3) is 1.48. The first-order valence-electron chi connectivity index (χ1n) is 4.40. The Kier molecular flexibility index (Phi) is 2.21. The number of aromatic nitrogens is 3. The van der Waals surface area contributed by atoms with E-state index in [4.69, 9.17) is 0 Å². The number of aldehydes is 1. The summed E-state index contributed by atoms with van der Waals surface area (Å²) in [6, 6.07) is 6.64. The molecular weight excluding hydrogens is 194 g/mol. The first-order valence-corrected chi connectivity index (χ1v) is 4.40. The molecule has 0 aliphatic heterocycles. The van der Waals surface area contributed by atoms with Crippen LogP contribution in [0.3, 0.4) is 0 Å². The van der Waals surface area contributed by atoms with Crippen molar-refractivity contribution in [2.75, 3.05) is 0 Å². The van der Waals surface area contributed by atoms with Crippen molar-refractivity contribution in [1.82, 2.24) is 15.0 Å². The number of para-hydroxylation sites is 2. The van der Waals surface area contributed by atoms with E-state index in [1.807, 2.05) is 0 Å². The lowest BCUT2D eigenvalue weighted by Crippen LogP contribution is -2.02. The second kappa shape index (κ2) is 3.53. The third-order valence-corrected chi connectivity index (χ3v) is 2.10. The summed E-state index contributed by atoms with van der Waals surface area (Å²) in [5.74, 6) is 0.0606. The largest absolute Gasteiger partial charge is 0.506 e. The number of hydrogen-bond donors (Lipinski definition) is 1. The van der Waals surface area contributed by atoms with Crippen LogP contribution in [0.5, 0.6) is 5.75 Å². The summed E-state index contributed by atoms with van der Waals surface area (Å²) in [6.45, 7) is 1.69. The van der Waals surface area contributed by atoms with E-state index in [0.717, 1.165) is 0 Å². The fraction of sp³-hybridized carbons (Fsp3) is 0.100. The summed E-state index contributed by atoms with van der Waals surface area (Å²) < 4.78 is 1.32. The smallest absolute Gasteiger partial charge is 0.170 e. The first-order chi connectivity index (χ1) is 7.24. The van der Waals surface area contributed by atoms with E-state index in [1.165, 1.54) is 10.7 Å². The van der Waals surface area contributed by atoms with Crippen LogP contribution in [-0.2, 0) is 0 Å². The Morgan fingerprint density at radius 2 is 2.13 bits per heavy atom. The molecule has 0 atom stereocenters. The number of benzene rings is 1. The lowest BCUT2D eigenvalue weighted by Gasteiger charge is -2.04. The molecule has 15 heavy (non-hydrogen) atoms. The molecule has 0 spiro atoms. The molecular formula is C10H9N3O2. The summed E-state index contributed by atoms with van der Waals surface area (Å²) in [5, 5.41) is 17.2. The van der Waals surface area contributed by atoms with Crippen LogP contribution in [0.1, 0.15) is 16.2 Å². The summed E-state index contributed by atoms with van der Waals surface area (Å²) in [7, 11) is 0. The van der Waals surface area contributed by atoms with Gasteiger partial charge >= 0.3 is 0 Å². The predicted molar refractivity (Wildman–Crippen MR) is 53.1 cm³/mol. The molecule has 0 fully saturated rings. The fourth-order valence-electron chi connectivity index (χ4n) is 1.32. The molecule has 0 bridgehead atoms. The molecule has 1 aromatic carbocycles. The van der Waals surface area contributed by atoms with Crippen molar-refractivity contribution >= 4 is 6.29 Å².